The van der Waals surface area contributed by atoms with Crippen LogP contribution in [0.4, 0.5) is 11.5 Å². The molecule has 1 aliphatic rings. The second kappa shape index (κ2) is 6.77. The topological polar surface area (TPSA) is 58.1 Å². The molecule has 1 N–H and O–H groups in total. The maximum atomic E-state index is 12.4. The summed E-state index contributed by atoms with van der Waals surface area (Å²) in [4.78, 5) is 23.1. The Hall–Kier alpha value is -2.43. The van der Waals surface area contributed by atoms with E-state index in [1.165, 1.54) is 12.7 Å². The van der Waals surface area contributed by atoms with Gasteiger partial charge in [-0.1, -0.05) is 24.6 Å². The van der Waals surface area contributed by atoms with Crippen LogP contribution in [0.5, 0.6) is 0 Å². The normalized spacial score (nSPS) is 17.8. The minimum absolute atomic E-state index is 0.206. The van der Waals surface area contributed by atoms with Crippen molar-refractivity contribution in [1.29, 1.82) is 0 Å². The number of carbonyl (C=O) groups excluding carboxylic acids is 1. The van der Waals surface area contributed by atoms with Crippen LogP contribution >= 0.6 is 0 Å². The Morgan fingerprint density at radius 2 is 2.04 bits per heavy atom. The van der Waals surface area contributed by atoms with Crippen molar-refractivity contribution in [1.82, 2.24) is 9.97 Å². The molecule has 1 aromatic carbocycles. The molecule has 0 saturated carbocycles. The fourth-order valence-corrected chi connectivity index (χ4v) is 2.87. The quantitative estimate of drug-likeness (QED) is 0.945. The van der Waals surface area contributed by atoms with Crippen molar-refractivity contribution >= 4 is 17.4 Å². The molecule has 1 atom stereocenters. The molecule has 1 fully saturated rings. The van der Waals surface area contributed by atoms with Gasteiger partial charge >= 0.3 is 0 Å². The molecule has 1 saturated heterocycles. The maximum Gasteiger partial charge on any atom is 0.274 e. The van der Waals surface area contributed by atoms with E-state index in [0.29, 0.717) is 11.6 Å². The Kier molecular flexibility index (Phi) is 4.55. The summed E-state index contributed by atoms with van der Waals surface area (Å²) in [6, 6.07) is 9.50. The summed E-state index contributed by atoms with van der Waals surface area (Å²) in [5, 5.41) is 2.88. The number of nitrogens with zero attached hydrogens (tertiary/aromatic N) is 3. The number of aromatic nitrogens is 2. The first-order chi connectivity index (χ1) is 11.1. The number of nitrogens with one attached hydrogen (secondary N) is 1. The van der Waals surface area contributed by atoms with E-state index in [4.69, 9.17) is 0 Å². The molecule has 0 bridgehead atoms. The van der Waals surface area contributed by atoms with E-state index in [-0.39, 0.29) is 5.91 Å². The summed E-state index contributed by atoms with van der Waals surface area (Å²) < 4.78 is 0. The van der Waals surface area contributed by atoms with Crippen LogP contribution in [-0.4, -0.2) is 29.0 Å². The van der Waals surface area contributed by atoms with E-state index < -0.39 is 0 Å². The van der Waals surface area contributed by atoms with E-state index in [9.17, 15) is 4.79 Å². The third-order valence-electron chi connectivity index (χ3n) is 4.18. The smallest absolute Gasteiger partial charge is 0.274 e. The molecule has 0 radical (unpaired) electrons. The predicted molar refractivity (Wildman–Crippen MR) is 91.8 cm³/mol. The highest BCUT2D eigenvalue weighted by molar-refractivity contribution is 6.03. The van der Waals surface area contributed by atoms with Gasteiger partial charge in [-0.25, -0.2) is 9.97 Å². The molecule has 0 aliphatic carbocycles. The first-order valence-electron chi connectivity index (χ1n) is 8.07. The fourth-order valence-electron chi connectivity index (χ4n) is 2.87. The summed E-state index contributed by atoms with van der Waals surface area (Å²) in [7, 11) is 0. The number of carbonyl (C=O) groups is 1. The molecule has 1 aliphatic heterocycles. The van der Waals surface area contributed by atoms with E-state index in [1.807, 2.05) is 31.2 Å². The highest BCUT2D eigenvalue weighted by Crippen LogP contribution is 2.21. The SMILES string of the molecule is Cc1ccc(NC(=O)c2cc(N3CCCC(C)C3)ncn2)cc1. The summed E-state index contributed by atoms with van der Waals surface area (Å²) in [6.45, 7) is 6.23. The molecule has 5 heteroatoms. The first kappa shape index (κ1) is 15.5. The Labute approximate surface area is 136 Å². The number of amides is 1. The van der Waals surface area contributed by atoms with Crippen LogP contribution in [0.25, 0.3) is 0 Å². The molecule has 3 rings (SSSR count). The van der Waals surface area contributed by atoms with Crippen molar-refractivity contribution in [3.8, 4) is 0 Å². The first-order valence-corrected chi connectivity index (χ1v) is 8.07. The van der Waals surface area contributed by atoms with E-state index in [1.54, 1.807) is 6.07 Å². The van der Waals surface area contributed by atoms with Crippen LogP contribution in [0.15, 0.2) is 36.7 Å². The van der Waals surface area contributed by atoms with Gasteiger partial charge in [0.15, 0.2) is 0 Å². The zero-order chi connectivity index (χ0) is 16.2. The average Bonchev–Trinajstić information content (AvgIpc) is 2.57. The third kappa shape index (κ3) is 3.86. The lowest BCUT2D eigenvalue weighted by Gasteiger charge is -2.31. The maximum absolute atomic E-state index is 12.4. The van der Waals surface area contributed by atoms with Gasteiger partial charge in [0.05, 0.1) is 0 Å². The largest absolute Gasteiger partial charge is 0.356 e. The number of benzene rings is 1. The van der Waals surface area contributed by atoms with Gasteiger partial charge in [0.2, 0.25) is 0 Å². The molecule has 1 amide bonds. The van der Waals surface area contributed by atoms with Crippen LogP contribution in [0.3, 0.4) is 0 Å². The lowest BCUT2D eigenvalue weighted by molar-refractivity contribution is 0.102. The predicted octanol–water partition coefficient (Wildman–Crippen LogP) is 3.27. The van der Waals surface area contributed by atoms with Crippen LogP contribution < -0.4 is 10.2 Å². The zero-order valence-electron chi connectivity index (χ0n) is 13.6. The second-order valence-corrected chi connectivity index (χ2v) is 6.28. The minimum atomic E-state index is -0.206. The second-order valence-electron chi connectivity index (χ2n) is 6.28. The molecule has 1 aromatic heterocycles. The van der Waals surface area contributed by atoms with Gasteiger partial charge in [0.25, 0.3) is 5.91 Å². The molecule has 2 heterocycles. The summed E-state index contributed by atoms with van der Waals surface area (Å²) in [6.07, 6.45) is 3.89. The molecule has 23 heavy (non-hydrogen) atoms. The minimum Gasteiger partial charge on any atom is -0.356 e. The lowest BCUT2D eigenvalue weighted by atomic mass is 10.0. The monoisotopic (exact) mass is 310 g/mol. The standard InChI is InChI=1S/C18H22N4O/c1-13-5-7-15(8-6-13)21-18(23)16-10-17(20-12-19-16)22-9-3-4-14(2)11-22/h5-8,10,12,14H,3-4,9,11H2,1-2H3,(H,21,23). The molecular weight excluding hydrogens is 288 g/mol. The molecule has 120 valence electrons. The molecule has 5 nitrogen and oxygen atoms in total. The van der Waals surface area contributed by atoms with Gasteiger partial charge < -0.3 is 10.2 Å². The number of rotatable bonds is 3. The number of piperidine rings is 1. The van der Waals surface area contributed by atoms with Gasteiger partial charge in [-0.05, 0) is 37.8 Å². The average molecular weight is 310 g/mol. The highest BCUT2D eigenvalue weighted by atomic mass is 16.1. The summed E-state index contributed by atoms with van der Waals surface area (Å²) in [5.74, 6) is 1.28. The molecule has 2 aromatic rings. The van der Waals surface area contributed by atoms with Crippen LogP contribution in [-0.2, 0) is 0 Å². The van der Waals surface area contributed by atoms with Crippen LogP contribution in [0, 0.1) is 12.8 Å². The Morgan fingerprint density at radius 1 is 1.26 bits per heavy atom. The van der Waals surface area contributed by atoms with Gasteiger partial charge in [0.1, 0.15) is 17.8 Å². The van der Waals surface area contributed by atoms with Crippen molar-refractivity contribution < 1.29 is 4.79 Å². The molecule has 1 unspecified atom stereocenters. The number of aryl methyl sites for hydroxylation is 1. The van der Waals surface area contributed by atoms with Crippen molar-refractivity contribution in [2.75, 3.05) is 23.3 Å². The van der Waals surface area contributed by atoms with Crippen molar-refractivity contribution in [3.63, 3.8) is 0 Å². The van der Waals surface area contributed by atoms with Crippen molar-refractivity contribution in [2.45, 2.75) is 26.7 Å². The number of hydrogen-bond acceptors (Lipinski definition) is 4. The van der Waals surface area contributed by atoms with E-state index >= 15 is 0 Å². The van der Waals surface area contributed by atoms with Crippen molar-refractivity contribution in [2.24, 2.45) is 5.92 Å². The Balaban J connectivity index is 1.73. The van der Waals surface area contributed by atoms with E-state index in [0.717, 1.165) is 36.6 Å². The van der Waals surface area contributed by atoms with Crippen LogP contribution in [0.1, 0.15) is 35.8 Å². The lowest BCUT2D eigenvalue weighted by Crippen LogP contribution is -2.35. The van der Waals surface area contributed by atoms with E-state index in [2.05, 4.69) is 27.1 Å². The van der Waals surface area contributed by atoms with Gasteiger partial charge in [0, 0.05) is 24.8 Å². The fraction of sp³-hybridized carbons (Fsp3) is 0.389. The third-order valence-corrected chi connectivity index (χ3v) is 4.18. The van der Waals surface area contributed by atoms with Gasteiger partial charge in [-0.2, -0.15) is 0 Å². The molecular formula is C18H22N4O. The van der Waals surface area contributed by atoms with Gasteiger partial charge in [-0.15, -0.1) is 0 Å². The highest BCUT2D eigenvalue weighted by Gasteiger charge is 2.19. The number of hydrogen-bond donors (Lipinski definition) is 1. The van der Waals surface area contributed by atoms with Crippen molar-refractivity contribution in [3.05, 3.63) is 47.9 Å². The Morgan fingerprint density at radius 3 is 2.78 bits per heavy atom. The summed E-state index contributed by atoms with van der Waals surface area (Å²) in [5.41, 5.74) is 2.33. The Bertz CT molecular complexity index is 684. The molecule has 0 spiro atoms. The van der Waals surface area contributed by atoms with Gasteiger partial charge in [-0.3, -0.25) is 4.79 Å². The van der Waals surface area contributed by atoms with Crippen LogP contribution in [0.2, 0.25) is 0 Å². The zero-order valence-corrected chi connectivity index (χ0v) is 13.6. The summed E-state index contributed by atoms with van der Waals surface area (Å²) >= 11 is 0. The number of anilines is 2.